The second-order valence-corrected chi connectivity index (χ2v) is 7.81. The molecule has 1 aromatic heterocycles. The Bertz CT molecular complexity index is 565. The number of rotatable bonds is 5. The second kappa shape index (κ2) is 7.70. The fourth-order valence-electron chi connectivity index (χ4n) is 2.47. The van der Waals surface area contributed by atoms with Crippen molar-refractivity contribution in [2.24, 2.45) is 0 Å². The van der Waals surface area contributed by atoms with E-state index in [1.165, 1.54) is 11.8 Å². The zero-order valence-electron chi connectivity index (χ0n) is 12.2. The molecular formula is C15H18N2O2S3. The van der Waals surface area contributed by atoms with E-state index in [0.717, 1.165) is 49.1 Å². The highest BCUT2D eigenvalue weighted by Gasteiger charge is 2.31. The van der Waals surface area contributed by atoms with Crippen LogP contribution in [-0.4, -0.2) is 59.4 Å². The van der Waals surface area contributed by atoms with Gasteiger partial charge in [0.2, 0.25) is 0 Å². The largest absolute Gasteiger partial charge is 0.379 e. The van der Waals surface area contributed by atoms with Crippen LogP contribution < -0.4 is 0 Å². The van der Waals surface area contributed by atoms with Crippen LogP contribution in [0.25, 0.3) is 6.08 Å². The fraction of sp³-hybridized carbons (Fsp3) is 0.467. The summed E-state index contributed by atoms with van der Waals surface area (Å²) in [6, 6.07) is 4.00. The molecule has 0 aromatic carbocycles. The Balaban J connectivity index is 1.53. The number of hydrogen-bond donors (Lipinski definition) is 0. The molecule has 0 atom stereocenters. The summed E-state index contributed by atoms with van der Waals surface area (Å²) in [7, 11) is 0. The summed E-state index contributed by atoms with van der Waals surface area (Å²) in [5.41, 5.74) is 0. The summed E-state index contributed by atoms with van der Waals surface area (Å²) < 4.78 is 6.02. The van der Waals surface area contributed by atoms with E-state index in [-0.39, 0.29) is 5.91 Å². The van der Waals surface area contributed by atoms with Crippen LogP contribution in [0.2, 0.25) is 0 Å². The molecule has 2 fully saturated rings. The predicted octanol–water partition coefficient (Wildman–Crippen LogP) is 2.67. The van der Waals surface area contributed by atoms with E-state index in [4.69, 9.17) is 17.0 Å². The molecule has 0 saturated carbocycles. The first-order valence-electron chi connectivity index (χ1n) is 7.33. The number of carbonyl (C=O) groups is 1. The third-order valence-corrected chi connectivity index (χ3v) is 5.85. The molecule has 0 N–H and O–H groups in total. The van der Waals surface area contributed by atoms with Gasteiger partial charge in [0.05, 0.1) is 18.1 Å². The number of nitrogens with zero attached hydrogens (tertiary/aromatic N) is 2. The molecule has 1 aromatic rings. The number of carbonyl (C=O) groups excluding carboxylic acids is 1. The molecule has 0 bridgehead atoms. The average molecular weight is 355 g/mol. The van der Waals surface area contributed by atoms with Crippen molar-refractivity contribution in [3.8, 4) is 0 Å². The van der Waals surface area contributed by atoms with E-state index < -0.39 is 0 Å². The Morgan fingerprint density at radius 1 is 1.32 bits per heavy atom. The van der Waals surface area contributed by atoms with Crippen molar-refractivity contribution in [1.29, 1.82) is 0 Å². The molecule has 0 unspecified atom stereocenters. The maximum Gasteiger partial charge on any atom is 0.266 e. The summed E-state index contributed by atoms with van der Waals surface area (Å²) in [6.07, 6.45) is 2.88. The number of thioether (sulfide) groups is 1. The summed E-state index contributed by atoms with van der Waals surface area (Å²) in [6.45, 7) is 5.27. The van der Waals surface area contributed by atoms with Gasteiger partial charge in [-0.3, -0.25) is 14.6 Å². The fourth-order valence-corrected chi connectivity index (χ4v) is 4.50. The quantitative estimate of drug-likeness (QED) is 0.600. The van der Waals surface area contributed by atoms with Crippen molar-refractivity contribution in [2.45, 2.75) is 6.42 Å². The molecule has 4 nitrogen and oxygen atoms in total. The molecule has 7 heteroatoms. The van der Waals surface area contributed by atoms with E-state index in [2.05, 4.69) is 4.90 Å². The van der Waals surface area contributed by atoms with E-state index in [9.17, 15) is 4.79 Å². The predicted molar refractivity (Wildman–Crippen MR) is 96.1 cm³/mol. The third kappa shape index (κ3) is 3.97. The zero-order chi connectivity index (χ0) is 15.4. The zero-order valence-corrected chi connectivity index (χ0v) is 14.6. The maximum atomic E-state index is 12.4. The summed E-state index contributed by atoms with van der Waals surface area (Å²) in [5.74, 6) is 0.0466. The highest BCUT2D eigenvalue weighted by atomic mass is 32.2. The number of thiophene rings is 1. The van der Waals surface area contributed by atoms with Crippen molar-refractivity contribution in [1.82, 2.24) is 9.80 Å². The van der Waals surface area contributed by atoms with Gasteiger partial charge >= 0.3 is 0 Å². The van der Waals surface area contributed by atoms with Crippen molar-refractivity contribution in [2.75, 3.05) is 39.4 Å². The van der Waals surface area contributed by atoms with Crippen molar-refractivity contribution >= 4 is 51.6 Å². The van der Waals surface area contributed by atoms with Crippen LogP contribution in [0, 0.1) is 0 Å². The van der Waals surface area contributed by atoms with Crippen molar-refractivity contribution in [3.63, 3.8) is 0 Å². The lowest BCUT2D eigenvalue weighted by atomic mass is 10.3. The Kier molecular flexibility index (Phi) is 5.65. The standard InChI is InChI=1S/C15H18N2O2S3/c18-14-13(11-12-3-1-10-21-12)22-15(20)17(14)5-2-4-16-6-8-19-9-7-16/h1,3,10-11H,2,4-9H2/b13-11+. The summed E-state index contributed by atoms with van der Waals surface area (Å²) in [4.78, 5) is 18.4. The van der Waals surface area contributed by atoms with Crippen LogP contribution >= 0.6 is 35.3 Å². The topological polar surface area (TPSA) is 32.8 Å². The van der Waals surface area contributed by atoms with Crippen LogP contribution in [0.1, 0.15) is 11.3 Å². The van der Waals surface area contributed by atoms with Crippen LogP contribution in [0.15, 0.2) is 22.4 Å². The average Bonchev–Trinajstić information content (AvgIpc) is 3.12. The molecule has 1 amide bonds. The van der Waals surface area contributed by atoms with Gasteiger partial charge in [-0.2, -0.15) is 0 Å². The molecule has 0 spiro atoms. The molecule has 2 aliphatic heterocycles. The first kappa shape index (κ1) is 16.1. The van der Waals surface area contributed by atoms with Gasteiger partial charge in [0.25, 0.3) is 5.91 Å². The number of morpholine rings is 1. The number of ether oxygens (including phenoxy) is 1. The van der Waals surface area contributed by atoms with Gasteiger partial charge < -0.3 is 4.74 Å². The van der Waals surface area contributed by atoms with E-state index in [1.54, 1.807) is 16.2 Å². The molecular weight excluding hydrogens is 336 g/mol. The van der Waals surface area contributed by atoms with Crippen molar-refractivity contribution < 1.29 is 9.53 Å². The highest BCUT2D eigenvalue weighted by Crippen LogP contribution is 2.33. The molecule has 22 heavy (non-hydrogen) atoms. The van der Waals surface area contributed by atoms with Crippen LogP contribution in [0.4, 0.5) is 0 Å². The first-order chi connectivity index (χ1) is 10.7. The lowest BCUT2D eigenvalue weighted by molar-refractivity contribution is -0.122. The lowest BCUT2D eigenvalue weighted by Gasteiger charge is -2.27. The Labute approximate surface area is 144 Å². The van der Waals surface area contributed by atoms with E-state index in [1.807, 2.05) is 23.6 Å². The third-order valence-electron chi connectivity index (χ3n) is 3.65. The van der Waals surface area contributed by atoms with Gasteiger partial charge in [0.15, 0.2) is 0 Å². The Morgan fingerprint density at radius 3 is 2.86 bits per heavy atom. The minimum Gasteiger partial charge on any atom is -0.379 e. The smallest absolute Gasteiger partial charge is 0.266 e. The number of hydrogen-bond acceptors (Lipinski definition) is 6. The lowest BCUT2D eigenvalue weighted by Crippen LogP contribution is -2.38. The van der Waals surface area contributed by atoms with Gasteiger partial charge in [-0.15, -0.1) is 11.3 Å². The highest BCUT2D eigenvalue weighted by molar-refractivity contribution is 8.26. The summed E-state index contributed by atoms with van der Waals surface area (Å²) >= 11 is 8.39. The first-order valence-corrected chi connectivity index (χ1v) is 9.43. The van der Waals surface area contributed by atoms with Gasteiger partial charge in [0.1, 0.15) is 4.32 Å². The van der Waals surface area contributed by atoms with Gasteiger partial charge in [-0.05, 0) is 23.9 Å². The molecule has 3 rings (SSSR count). The Hall–Kier alpha value is -0.730. The summed E-state index contributed by atoms with van der Waals surface area (Å²) in [5, 5.41) is 2.01. The number of thiocarbonyl (C=S) groups is 1. The van der Waals surface area contributed by atoms with E-state index >= 15 is 0 Å². The molecule has 3 heterocycles. The van der Waals surface area contributed by atoms with Gasteiger partial charge in [-0.25, -0.2) is 0 Å². The van der Waals surface area contributed by atoms with E-state index in [0.29, 0.717) is 10.9 Å². The number of amides is 1. The molecule has 118 valence electrons. The van der Waals surface area contributed by atoms with Gasteiger partial charge in [0, 0.05) is 31.1 Å². The minimum absolute atomic E-state index is 0.0466. The van der Waals surface area contributed by atoms with Crippen LogP contribution in [0.3, 0.4) is 0 Å². The minimum atomic E-state index is 0.0466. The van der Waals surface area contributed by atoms with Crippen LogP contribution in [-0.2, 0) is 9.53 Å². The molecule has 0 aliphatic carbocycles. The van der Waals surface area contributed by atoms with Crippen molar-refractivity contribution in [3.05, 3.63) is 27.3 Å². The maximum absolute atomic E-state index is 12.4. The van der Waals surface area contributed by atoms with Crippen LogP contribution in [0.5, 0.6) is 0 Å². The molecule has 2 saturated heterocycles. The monoisotopic (exact) mass is 354 g/mol. The second-order valence-electron chi connectivity index (χ2n) is 5.16. The molecule has 2 aliphatic rings. The SMILES string of the molecule is O=C1/C(=C\c2cccs2)SC(=S)N1CCCN1CCOCC1. The Morgan fingerprint density at radius 2 is 2.14 bits per heavy atom. The molecule has 0 radical (unpaired) electrons. The normalized spacial score (nSPS) is 22.0. The van der Waals surface area contributed by atoms with Gasteiger partial charge in [-0.1, -0.05) is 30.0 Å².